The van der Waals surface area contributed by atoms with Gasteiger partial charge >= 0.3 is 12.1 Å². The molecular weight excluding hydrogens is 450 g/mol. The Morgan fingerprint density at radius 3 is 2.29 bits per heavy atom. The van der Waals surface area contributed by atoms with Crippen LogP contribution in [0.2, 0.25) is 0 Å². The second kappa shape index (κ2) is 10.8. The maximum absolute atomic E-state index is 12.4. The predicted molar refractivity (Wildman–Crippen MR) is 127 cm³/mol. The maximum atomic E-state index is 12.4. The van der Waals surface area contributed by atoms with E-state index >= 15 is 0 Å². The molecular formula is C26H25N3O6. The van der Waals surface area contributed by atoms with Gasteiger partial charge in [-0.3, -0.25) is 9.78 Å². The zero-order chi connectivity index (χ0) is 24.8. The summed E-state index contributed by atoms with van der Waals surface area (Å²) in [6, 6.07) is 19.2. The summed E-state index contributed by atoms with van der Waals surface area (Å²) in [5.74, 6) is -1.82. The van der Waals surface area contributed by atoms with Gasteiger partial charge in [-0.1, -0.05) is 48.5 Å². The summed E-state index contributed by atoms with van der Waals surface area (Å²) in [5.41, 5.74) is 5.30. The van der Waals surface area contributed by atoms with Gasteiger partial charge in [-0.15, -0.1) is 0 Å². The zero-order valence-corrected chi connectivity index (χ0v) is 18.8. The van der Waals surface area contributed by atoms with Gasteiger partial charge in [0.15, 0.2) is 6.10 Å². The molecule has 0 bridgehead atoms. The fourth-order valence-electron chi connectivity index (χ4n) is 4.08. The Morgan fingerprint density at radius 2 is 1.63 bits per heavy atom. The number of rotatable bonds is 9. The molecule has 4 N–H and O–H groups in total. The van der Waals surface area contributed by atoms with Gasteiger partial charge in [0.25, 0.3) is 5.91 Å². The lowest BCUT2D eigenvalue weighted by Crippen LogP contribution is -2.30. The number of amides is 2. The summed E-state index contributed by atoms with van der Waals surface area (Å²) in [4.78, 5) is 39.4. The summed E-state index contributed by atoms with van der Waals surface area (Å²) in [5, 5.41) is 23.1. The lowest BCUT2D eigenvalue weighted by atomic mass is 9.98. The van der Waals surface area contributed by atoms with Crippen LogP contribution in [0.1, 0.15) is 39.5 Å². The van der Waals surface area contributed by atoms with Gasteiger partial charge in [0.05, 0.1) is 12.2 Å². The van der Waals surface area contributed by atoms with E-state index in [4.69, 9.17) is 9.84 Å². The Hall–Kier alpha value is -4.24. The quantitative estimate of drug-likeness (QED) is 0.373. The second-order valence-corrected chi connectivity index (χ2v) is 8.11. The number of pyridine rings is 1. The lowest BCUT2D eigenvalue weighted by Gasteiger charge is -2.14. The average molecular weight is 476 g/mol. The van der Waals surface area contributed by atoms with Gasteiger partial charge in [-0.2, -0.15) is 0 Å². The Morgan fingerprint density at radius 1 is 0.971 bits per heavy atom. The number of carbonyl (C=O) groups is 3. The van der Waals surface area contributed by atoms with Crippen molar-refractivity contribution in [3.8, 4) is 11.1 Å². The number of aliphatic hydroxyl groups excluding tert-OH is 1. The minimum absolute atomic E-state index is 0.00194. The number of fused-ring (bicyclic) bond motifs is 3. The standard InChI is InChI=1S/C26H25N3O6/c30-23(25(32)33)10-12-28-24(31)16-9-11-27-17(13-16)14-29-26(34)35-15-22-20-7-3-1-5-18(20)19-6-2-4-8-21(19)22/h1-9,11,13,22-23,30H,10,12,14-15H2,(H,28,31)(H,29,34)(H,32,33). The van der Waals surface area contributed by atoms with Crippen LogP contribution in [0.25, 0.3) is 11.1 Å². The van der Waals surface area contributed by atoms with Gasteiger partial charge in [0, 0.05) is 30.6 Å². The molecule has 2 amide bonds. The molecule has 1 unspecified atom stereocenters. The van der Waals surface area contributed by atoms with Crippen molar-refractivity contribution >= 4 is 18.0 Å². The van der Waals surface area contributed by atoms with Gasteiger partial charge in [-0.05, 0) is 34.4 Å². The Bertz CT molecular complexity index is 1200. The highest BCUT2D eigenvalue weighted by Gasteiger charge is 2.29. The van der Waals surface area contributed by atoms with E-state index in [0.717, 1.165) is 22.3 Å². The number of aromatic nitrogens is 1. The minimum Gasteiger partial charge on any atom is -0.479 e. The first-order valence-corrected chi connectivity index (χ1v) is 11.2. The number of ether oxygens (including phenoxy) is 1. The number of hydrogen-bond acceptors (Lipinski definition) is 6. The number of hydrogen-bond donors (Lipinski definition) is 4. The van der Waals surface area contributed by atoms with Crippen LogP contribution >= 0.6 is 0 Å². The van der Waals surface area contributed by atoms with Crippen LogP contribution in [0.4, 0.5) is 4.79 Å². The van der Waals surface area contributed by atoms with Crippen molar-refractivity contribution in [1.29, 1.82) is 0 Å². The van der Waals surface area contributed by atoms with Crippen LogP contribution in [0, 0.1) is 0 Å². The number of carboxylic acids is 1. The number of carboxylic acid groups (broad SMARTS) is 1. The minimum atomic E-state index is -1.54. The SMILES string of the molecule is O=C(NCc1cc(C(=O)NCCC(O)C(=O)O)ccn1)OCC1c2ccccc2-c2ccccc21. The van der Waals surface area contributed by atoms with E-state index in [1.54, 1.807) is 0 Å². The Labute approximate surface area is 201 Å². The molecule has 1 aromatic heterocycles. The van der Waals surface area contributed by atoms with Crippen molar-refractivity contribution in [3.63, 3.8) is 0 Å². The van der Waals surface area contributed by atoms with Crippen LogP contribution < -0.4 is 10.6 Å². The molecule has 0 spiro atoms. The maximum Gasteiger partial charge on any atom is 0.407 e. The van der Waals surface area contributed by atoms with E-state index in [-0.39, 0.29) is 32.0 Å². The normalized spacial score (nSPS) is 12.8. The van der Waals surface area contributed by atoms with Crippen molar-refractivity contribution < 1.29 is 29.3 Å². The predicted octanol–water partition coefficient (Wildman–Crippen LogP) is 2.69. The molecule has 1 aliphatic rings. The van der Waals surface area contributed by atoms with E-state index in [2.05, 4.69) is 27.8 Å². The third-order valence-electron chi connectivity index (χ3n) is 5.82. The molecule has 0 radical (unpaired) electrons. The van der Waals surface area contributed by atoms with Crippen molar-refractivity contribution in [1.82, 2.24) is 15.6 Å². The molecule has 1 heterocycles. The number of nitrogens with zero attached hydrogens (tertiary/aromatic N) is 1. The molecule has 2 aromatic carbocycles. The molecule has 0 aliphatic heterocycles. The summed E-state index contributed by atoms with van der Waals surface area (Å²) in [7, 11) is 0. The Kier molecular flexibility index (Phi) is 7.37. The third-order valence-corrected chi connectivity index (χ3v) is 5.82. The number of aliphatic hydroxyl groups is 1. The summed E-state index contributed by atoms with van der Waals surface area (Å²) >= 11 is 0. The van der Waals surface area contributed by atoms with Gasteiger partial charge in [0.1, 0.15) is 6.61 Å². The van der Waals surface area contributed by atoms with E-state index in [9.17, 15) is 19.5 Å². The second-order valence-electron chi connectivity index (χ2n) is 8.11. The molecule has 1 atom stereocenters. The molecule has 3 aromatic rings. The highest BCUT2D eigenvalue weighted by atomic mass is 16.5. The fraction of sp³-hybridized carbons (Fsp3) is 0.231. The monoisotopic (exact) mass is 475 g/mol. The van der Waals surface area contributed by atoms with E-state index in [0.29, 0.717) is 11.3 Å². The molecule has 0 fully saturated rings. The van der Waals surface area contributed by atoms with Gasteiger partial charge < -0.3 is 25.6 Å². The van der Waals surface area contributed by atoms with Crippen molar-refractivity contribution in [3.05, 3.63) is 89.2 Å². The van der Waals surface area contributed by atoms with E-state index in [1.165, 1.54) is 18.3 Å². The summed E-state index contributed by atoms with van der Waals surface area (Å²) < 4.78 is 5.51. The smallest absolute Gasteiger partial charge is 0.407 e. The van der Waals surface area contributed by atoms with E-state index < -0.39 is 24.1 Å². The number of alkyl carbamates (subject to hydrolysis) is 1. The van der Waals surface area contributed by atoms with Crippen molar-refractivity contribution in [2.45, 2.75) is 25.0 Å². The topological polar surface area (TPSA) is 138 Å². The largest absolute Gasteiger partial charge is 0.479 e. The number of nitrogens with one attached hydrogen (secondary N) is 2. The molecule has 180 valence electrons. The first-order chi connectivity index (χ1) is 16.9. The van der Waals surface area contributed by atoms with Gasteiger partial charge in [0.2, 0.25) is 0 Å². The average Bonchev–Trinajstić information content (AvgIpc) is 3.20. The first kappa shape index (κ1) is 23.9. The lowest BCUT2D eigenvalue weighted by molar-refractivity contribution is -0.146. The van der Waals surface area contributed by atoms with Crippen LogP contribution in [-0.4, -0.2) is 52.4 Å². The number of aliphatic carboxylic acids is 1. The van der Waals surface area contributed by atoms with Crippen LogP contribution in [0.15, 0.2) is 66.9 Å². The van der Waals surface area contributed by atoms with Crippen molar-refractivity contribution in [2.75, 3.05) is 13.2 Å². The fourth-order valence-corrected chi connectivity index (χ4v) is 4.08. The van der Waals surface area contributed by atoms with Crippen LogP contribution in [0.3, 0.4) is 0 Å². The van der Waals surface area contributed by atoms with Crippen LogP contribution in [-0.2, 0) is 16.1 Å². The summed E-state index contributed by atoms with van der Waals surface area (Å²) in [6.07, 6.45) is -0.797. The molecule has 9 heteroatoms. The Balaban J connectivity index is 1.29. The van der Waals surface area contributed by atoms with Gasteiger partial charge in [-0.25, -0.2) is 9.59 Å². The molecule has 1 aliphatic carbocycles. The first-order valence-electron chi connectivity index (χ1n) is 11.2. The number of benzene rings is 2. The van der Waals surface area contributed by atoms with Crippen molar-refractivity contribution in [2.24, 2.45) is 0 Å². The molecule has 0 saturated carbocycles. The molecule has 4 rings (SSSR count). The molecule has 35 heavy (non-hydrogen) atoms. The highest BCUT2D eigenvalue weighted by Crippen LogP contribution is 2.44. The zero-order valence-electron chi connectivity index (χ0n) is 18.8. The molecule has 9 nitrogen and oxygen atoms in total. The van der Waals surface area contributed by atoms with Crippen LogP contribution in [0.5, 0.6) is 0 Å². The third kappa shape index (κ3) is 5.64. The summed E-state index contributed by atoms with van der Waals surface area (Å²) in [6.45, 7) is 0.259. The highest BCUT2D eigenvalue weighted by molar-refractivity contribution is 5.94. The van der Waals surface area contributed by atoms with E-state index in [1.807, 2.05) is 36.4 Å². The number of carbonyl (C=O) groups excluding carboxylic acids is 2. The molecule has 0 saturated heterocycles.